The molecule has 2 aliphatic rings. The number of benzene rings is 2. The highest BCUT2D eigenvalue weighted by molar-refractivity contribution is 5.94. The van der Waals surface area contributed by atoms with Gasteiger partial charge in [0.05, 0.1) is 16.9 Å². The Morgan fingerprint density at radius 2 is 1.95 bits per heavy atom. The van der Waals surface area contributed by atoms with E-state index in [-0.39, 0.29) is 18.1 Å². The Hall–Kier alpha value is -4.11. The Morgan fingerprint density at radius 1 is 1.16 bits per heavy atom. The number of hydrogen-bond acceptors (Lipinski definition) is 7. The first kappa shape index (κ1) is 25.5. The highest BCUT2D eigenvalue weighted by Crippen LogP contribution is 2.40. The topological polar surface area (TPSA) is 87.0 Å². The summed E-state index contributed by atoms with van der Waals surface area (Å²) in [7, 11) is 1.51. The molecule has 5 rings (SSSR count). The molecule has 2 aromatic carbocycles. The predicted octanol–water partition coefficient (Wildman–Crippen LogP) is 3.31. The molecule has 0 radical (unpaired) electrons. The van der Waals surface area contributed by atoms with Crippen LogP contribution in [0.1, 0.15) is 11.3 Å². The molecule has 8 nitrogen and oxygen atoms in total. The first-order chi connectivity index (χ1) is 18.4. The lowest BCUT2D eigenvalue weighted by atomic mass is 10.0. The number of carbonyl (C=O) groups is 1. The number of nitrogens with zero attached hydrogens (tertiary/aromatic N) is 4. The quantitative estimate of drug-likeness (QED) is 0.486. The molecule has 0 spiro atoms. The van der Waals surface area contributed by atoms with Crippen LogP contribution in [-0.2, 0) is 11.2 Å². The normalized spacial score (nSPS) is 17.1. The molecule has 3 heterocycles. The van der Waals surface area contributed by atoms with Crippen molar-refractivity contribution in [2.45, 2.75) is 13.3 Å². The Kier molecular flexibility index (Phi) is 7.20. The second-order valence-electron chi connectivity index (χ2n) is 9.53. The molecular formula is C29H33FN6O2. The van der Waals surface area contributed by atoms with Gasteiger partial charge in [-0.25, -0.2) is 4.39 Å². The highest BCUT2D eigenvalue weighted by Gasteiger charge is 2.29. The summed E-state index contributed by atoms with van der Waals surface area (Å²) in [4.78, 5) is 23.2. The third-order valence-corrected chi connectivity index (χ3v) is 7.29. The van der Waals surface area contributed by atoms with Crippen molar-refractivity contribution >= 4 is 28.2 Å². The average molecular weight is 517 g/mol. The second-order valence-corrected chi connectivity index (χ2v) is 9.53. The molecule has 0 unspecified atom stereocenters. The van der Waals surface area contributed by atoms with E-state index in [9.17, 15) is 4.79 Å². The van der Waals surface area contributed by atoms with Crippen LogP contribution >= 0.6 is 0 Å². The molecule has 198 valence electrons. The minimum atomic E-state index is -0.407. The number of nitrogens with two attached hydrogens (primary N) is 1. The molecule has 3 N–H and O–H groups in total. The third-order valence-electron chi connectivity index (χ3n) is 7.29. The predicted molar refractivity (Wildman–Crippen MR) is 149 cm³/mol. The van der Waals surface area contributed by atoms with Gasteiger partial charge in [-0.3, -0.25) is 14.7 Å². The van der Waals surface area contributed by atoms with Gasteiger partial charge in [0.15, 0.2) is 0 Å². The third kappa shape index (κ3) is 4.77. The van der Waals surface area contributed by atoms with Crippen LogP contribution in [0.5, 0.6) is 5.75 Å². The van der Waals surface area contributed by atoms with Crippen molar-refractivity contribution in [3.05, 3.63) is 83.7 Å². The minimum absolute atomic E-state index is 0.0407. The summed E-state index contributed by atoms with van der Waals surface area (Å²) in [5.74, 6) is -0.248. The van der Waals surface area contributed by atoms with Gasteiger partial charge in [-0.2, -0.15) is 0 Å². The van der Waals surface area contributed by atoms with Gasteiger partial charge in [0.2, 0.25) is 0 Å². The number of likely N-dealkylation sites (N-methyl/N-ethyl adjacent to an activating group) is 1. The standard InChI is InChI=1S/C29H33FN6O2/c1-4-36-25-11-10-22(30)20(28(25)38-18-26(36)27(31)29(37)32-3)12-13-34-14-16-35(17-15-34)24-7-5-6-23-21(24)9-8-19(2)33-23/h4-11H,1,12-18,31H2,2-3H3,(H,32,37)/b27-26-. The number of ether oxygens (including phenoxy) is 1. The maximum absolute atomic E-state index is 15.0. The molecule has 38 heavy (non-hydrogen) atoms. The fourth-order valence-corrected chi connectivity index (χ4v) is 5.21. The van der Waals surface area contributed by atoms with Gasteiger partial charge >= 0.3 is 0 Å². The number of aromatic nitrogens is 1. The number of fused-ring (bicyclic) bond motifs is 2. The van der Waals surface area contributed by atoms with Gasteiger partial charge in [-0.05, 0) is 49.7 Å². The summed E-state index contributed by atoms with van der Waals surface area (Å²) < 4.78 is 21.0. The van der Waals surface area contributed by atoms with E-state index in [0.29, 0.717) is 35.7 Å². The number of nitrogens with one attached hydrogen (secondary N) is 1. The zero-order valence-corrected chi connectivity index (χ0v) is 21.8. The largest absolute Gasteiger partial charge is 0.485 e. The monoisotopic (exact) mass is 516 g/mol. The molecule has 0 saturated carbocycles. The van der Waals surface area contributed by atoms with Gasteiger partial charge in [0, 0.05) is 68.3 Å². The van der Waals surface area contributed by atoms with E-state index in [0.717, 1.165) is 37.4 Å². The molecule has 0 bridgehead atoms. The zero-order valence-electron chi connectivity index (χ0n) is 21.8. The fraction of sp³-hybridized carbons (Fsp3) is 0.310. The van der Waals surface area contributed by atoms with Crippen molar-refractivity contribution in [3.8, 4) is 5.75 Å². The van der Waals surface area contributed by atoms with Gasteiger partial charge < -0.3 is 25.6 Å². The van der Waals surface area contributed by atoms with Crippen LogP contribution in [0.4, 0.5) is 15.8 Å². The van der Waals surface area contributed by atoms with E-state index in [4.69, 9.17) is 10.5 Å². The van der Waals surface area contributed by atoms with Crippen LogP contribution in [0.25, 0.3) is 10.9 Å². The number of halogens is 1. The van der Waals surface area contributed by atoms with Gasteiger partial charge in [0.1, 0.15) is 23.9 Å². The Bertz CT molecular complexity index is 1410. The lowest BCUT2D eigenvalue weighted by Crippen LogP contribution is -2.47. The van der Waals surface area contributed by atoms with Crippen molar-refractivity contribution in [1.29, 1.82) is 0 Å². The maximum atomic E-state index is 15.0. The van der Waals surface area contributed by atoms with E-state index in [1.165, 1.54) is 24.2 Å². The summed E-state index contributed by atoms with van der Waals surface area (Å²) in [6.07, 6.45) is 2.07. The number of pyridine rings is 1. The van der Waals surface area contributed by atoms with Gasteiger partial charge in [-0.15, -0.1) is 0 Å². The molecule has 1 aromatic heterocycles. The molecule has 1 amide bonds. The van der Waals surface area contributed by atoms with Crippen LogP contribution < -0.4 is 25.6 Å². The second kappa shape index (κ2) is 10.7. The lowest BCUT2D eigenvalue weighted by Gasteiger charge is -2.37. The van der Waals surface area contributed by atoms with E-state index in [1.807, 2.05) is 6.92 Å². The van der Waals surface area contributed by atoms with E-state index in [1.54, 1.807) is 17.2 Å². The molecule has 0 atom stereocenters. The molecule has 3 aromatic rings. The summed E-state index contributed by atoms with van der Waals surface area (Å²) in [6, 6.07) is 13.5. The van der Waals surface area contributed by atoms with Crippen molar-refractivity contribution < 1.29 is 13.9 Å². The molecule has 1 fully saturated rings. The smallest absolute Gasteiger partial charge is 0.268 e. The SMILES string of the molecule is C=CN1/C(=C(\N)C(=O)NC)COc2c1ccc(F)c2CCN1CCN(c2cccc3nc(C)ccc23)CC1. The number of rotatable bonds is 6. The van der Waals surface area contributed by atoms with Gasteiger partial charge in [0.25, 0.3) is 5.91 Å². The highest BCUT2D eigenvalue weighted by atomic mass is 19.1. The number of piperazine rings is 1. The number of aryl methyl sites for hydroxylation is 1. The summed E-state index contributed by atoms with van der Waals surface area (Å²) in [5, 5.41) is 3.69. The molecule has 2 aliphatic heterocycles. The first-order valence-corrected chi connectivity index (χ1v) is 12.8. The van der Waals surface area contributed by atoms with Crippen LogP contribution in [0, 0.1) is 12.7 Å². The summed E-state index contributed by atoms with van der Waals surface area (Å²) >= 11 is 0. The maximum Gasteiger partial charge on any atom is 0.268 e. The summed E-state index contributed by atoms with van der Waals surface area (Å²) in [6.45, 7) is 10.2. The molecule has 9 heteroatoms. The lowest BCUT2D eigenvalue weighted by molar-refractivity contribution is -0.117. The Labute approximate surface area is 222 Å². The fourth-order valence-electron chi connectivity index (χ4n) is 5.21. The number of anilines is 2. The minimum Gasteiger partial charge on any atom is -0.485 e. The van der Waals surface area contributed by atoms with Crippen LogP contribution in [-0.4, -0.2) is 62.2 Å². The molecule has 1 saturated heterocycles. The van der Waals surface area contributed by atoms with Crippen molar-refractivity contribution in [2.75, 3.05) is 56.2 Å². The van der Waals surface area contributed by atoms with Crippen LogP contribution in [0.2, 0.25) is 0 Å². The Balaban J connectivity index is 1.29. The van der Waals surface area contributed by atoms with Crippen molar-refractivity contribution in [3.63, 3.8) is 0 Å². The average Bonchev–Trinajstić information content (AvgIpc) is 2.95. The summed E-state index contributed by atoms with van der Waals surface area (Å²) in [5.41, 5.74) is 10.9. The first-order valence-electron chi connectivity index (χ1n) is 12.8. The molecular weight excluding hydrogens is 483 g/mol. The van der Waals surface area contributed by atoms with Crippen LogP contribution in [0.15, 0.2) is 66.6 Å². The van der Waals surface area contributed by atoms with Crippen LogP contribution in [0.3, 0.4) is 0 Å². The van der Waals surface area contributed by atoms with E-state index >= 15 is 4.39 Å². The van der Waals surface area contributed by atoms with Crippen molar-refractivity contribution in [1.82, 2.24) is 15.2 Å². The zero-order chi connectivity index (χ0) is 26.8. The van der Waals surface area contributed by atoms with E-state index in [2.05, 4.69) is 57.0 Å². The van der Waals surface area contributed by atoms with Gasteiger partial charge in [-0.1, -0.05) is 12.6 Å². The molecule has 0 aliphatic carbocycles. The number of hydrogen-bond donors (Lipinski definition) is 2. The number of carbonyl (C=O) groups excluding carboxylic acids is 1. The number of amides is 1. The van der Waals surface area contributed by atoms with E-state index < -0.39 is 5.91 Å². The van der Waals surface area contributed by atoms with Crippen molar-refractivity contribution in [2.24, 2.45) is 5.73 Å². The Morgan fingerprint density at radius 3 is 2.68 bits per heavy atom.